The molecule has 0 aliphatic rings. The summed E-state index contributed by atoms with van der Waals surface area (Å²) in [7, 11) is 0. The van der Waals surface area contributed by atoms with Crippen molar-refractivity contribution >= 4 is 5.91 Å². The smallest absolute Gasteiger partial charge is 0.231 e. The Kier molecular flexibility index (Phi) is 8.87. The van der Waals surface area contributed by atoms with Crippen molar-refractivity contribution in [3.8, 4) is 5.75 Å². The molecule has 4 heteroatoms. The van der Waals surface area contributed by atoms with Crippen molar-refractivity contribution in [2.75, 3.05) is 19.8 Å². The first kappa shape index (κ1) is 20.0. The number of nitrogens with one attached hydrogen (secondary N) is 1. The van der Waals surface area contributed by atoms with E-state index in [4.69, 9.17) is 4.74 Å². The molecule has 2 N–H and O–H groups in total. The maximum Gasteiger partial charge on any atom is 0.231 e. The van der Waals surface area contributed by atoms with E-state index in [1.165, 1.54) is 0 Å². The van der Waals surface area contributed by atoms with Gasteiger partial charge in [0.1, 0.15) is 5.75 Å². The van der Waals surface area contributed by atoms with Crippen molar-refractivity contribution in [1.82, 2.24) is 5.32 Å². The number of ether oxygens (including phenoxy) is 1. The highest BCUT2D eigenvalue weighted by molar-refractivity contribution is 5.88. The van der Waals surface area contributed by atoms with E-state index in [-0.39, 0.29) is 12.5 Å². The number of allylic oxidation sites excluding steroid dienone is 1. The molecule has 1 aromatic carbocycles. The second-order valence-electron chi connectivity index (χ2n) is 5.78. The third-order valence-electron chi connectivity index (χ3n) is 4.03. The highest BCUT2D eigenvalue weighted by atomic mass is 16.5. The third-order valence-corrected chi connectivity index (χ3v) is 4.03. The van der Waals surface area contributed by atoms with Gasteiger partial charge in [0.25, 0.3) is 0 Å². The highest BCUT2D eigenvalue weighted by Gasteiger charge is 2.38. The van der Waals surface area contributed by atoms with Crippen LogP contribution in [0.3, 0.4) is 0 Å². The quantitative estimate of drug-likeness (QED) is 0.456. The first-order chi connectivity index (χ1) is 11.6. The van der Waals surface area contributed by atoms with Crippen LogP contribution in [0.15, 0.2) is 49.6 Å². The minimum Gasteiger partial charge on any atom is -0.494 e. The molecule has 0 spiro atoms. The molecule has 1 unspecified atom stereocenters. The summed E-state index contributed by atoms with van der Waals surface area (Å²) in [5.74, 6) is 0.603. The molecule has 1 aromatic rings. The SMILES string of the molecule is C=CCNC(=O)C(CC=C)(CCO)c1cccc(OCCCC)c1. The molecule has 0 aliphatic carbocycles. The lowest BCUT2D eigenvalue weighted by atomic mass is 9.74. The number of benzene rings is 1. The molecule has 1 rings (SSSR count). The topological polar surface area (TPSA) is 58.6 Å². The van der Waals surface area contributed by atoms with Crippen LogP contribution in [0.1, 0.15) is 38.2 Å². The zero-order valence-corrected chi connectivity index (χ0v) is 14.6. The number of aliphatic hydroxyl groups excluding tert-OH is 1. The minimum absolute atomic E-state index is 0.0870. The van der Waals surface area contributed by atoms with Gasteiger partial charge in [-0.1, -0.05) is 37.6 Å². The second-order valence-corrected chi connectivity index (χ2v) is 5.78. The molecule has 1 atom stereocenters. The molecule has 0 saturated carbocycles. The molecule has 0 aromatic heterocycles. The number of aliphatic hydroxyl groups is 1. The predicted octanol–water partition coefficient (Wildman–Crippen LogP) is 3.36. The van der Waals surface area contributed by atoms with Crippen molar-refractivity contribution in [3.05, 3.63) is 55.1 Å². The molecule has 24 heavy (non-hydrogen) atoms. The van der Waals surface area contributed by atoms with Crippen molar-refractivity contribution in [3.63, 3.8) is 0 Å². The first-order valence-electron chi connectivity index (χ1n) is 8.49. The minimum atomic E-state index is -0.858. The Morgan fingerprint density at radius 3 is 2.79 bits per heavy atom. The first-order valence-corrected chi connectivity index (χ1v) is 8.49. The van der Waals surface area contributed by atoms with Crippen LogP contribution >= 0.6 is 0 Å². The molecule has 0 aliphatic heterocycles. The van der Waals surface area contributed by atoms with Crippen LogP contribution in [0.2, 0.25) is 0 Å². The van der Waals surface area contributed by atoms with Gasteiger partial charge in [-0.15, -0.1) is 13.2 Å². The molecule has 1 amide bonds. The number of carbonyl (C=O) groups excluding carboxylic acids is 1. The molecular formula is C20H29NO3. The maximum atomic E-state index is 12.8. The average Bonchev–Trinajstić information content (AvgIpc) is 2.60. The van der Waals surface area contributed by atoms with E-state index in [0.717, 1.165) is 24.2 Å². The monoisotopic (exact) mass is 331 g/mol. The van der Waals surface area contributed by atoms with Crippen LogP contribution < -0.4 is 10.1 Å². The van der Waals surface area contributed by atoms with Crippen molar-refractivity contribution in [2.24, 2.45) is 0 Å². The Morgan fingerprint density at radius 1 is 1.38 bits per heavy atom. The van der Waals surface area contributed by atoms with Crippen molar-refractivity contribution in [1.29, 1.82) is 0 Å². The summed E-state index contributed by atoms with van der Waals surface area (Å²) < 4.78 is 5.76. The van der Waals surface area contributed by atoms with E-state index in [1.807, 2.05) is 24.3 Å². The van der Waals surface area contributed by atoms with Gasteiger partial charge in [0.15, 0.2) is 0 Å². The molecule has 0 radical (unpaired) electrons. The summed E-state index contributed by atoms with van der Waals surface area (Å²) in [4.78, 5) is 12.8. The summed E-state index contributed by atoms with van der Waals surface area (Å²) >= 11 is 0. The van der Waals surface area contributed by atoms with E-state index < -0.39 is 5.41 Å². The summed E-state index contributed by atoms with van der Waals surface area (Å²) in [6.07, 6.45) is 6.16. The third kappa shape index (κ3) is 5.24. The predicted molar refractivity (Wildman–Crippen MR) is 98.2 cm³/mol. The standard InChI is InChI=1S/C20H29NO3/c1-4-7-15-24-18-10-8-9-17(16-18)20(11-5-2,12-14-22)19(23)21-13-6-3/h5-6,8-10,16,22H,2-4,7,11-15H2,1H3,(H,21,23). The van der Waals surface area contributed by atoms with Gasteiger partial charge in [-0.3, -0.25) is 4.79 Å². The Morgan fingerprint density at radius 2 is 2.17 bits per heavy atom. The molecule has 4 nitrogen and oxygen atoms in total. The summed E-state index contributed by atoms with van der Waals surface area (Å²) in [6, 6.07) is 7.56. The molecule has 0 heterocycles. The van der Waals surface area contributed by atoms with Crippen LogP contribution in [0.5, 0.6) is 5.75 Å². The van der Waals surface area contributed by atoms with E-state index in [1.54, 1.807) is 12.2 Å². The van der Waals surface area contributed by atoms with E-state index >= 15 is 0 Å². The van der Waals surface area contributed by atoms with E-state index in [0.29, 0.717) is 26.0 Å². The van der Waals surface area contributed by atoms with Gasteiger partial charge in [0.2, 0.25) is 5.91 Å². The lowest BCUT2D eigenvalue weighted by Crippen LogP contribution is -2.45. The zero-order chi connectivity index (χ0) is 17.8. The highest BCUT2D eigenvalue weighted by Crippen LogP contribution is 2.34. The van der Waals surface area contributed by atoms with E-state index in [9.17, 15) is 9.90 Å². The molecule has 0 fully saturated rings. The Hall–Kier alpha value is -2.07. The summed E-state index contributed by atoms with van der Waals surface area (Å²) in [5.41, 5.74) is -0.0316. The Bertz CT molecular complexity index is 541. The molecular weight excluding hydrogens is 302 g/mol. The van der Waals surface area contributed by atoms with Gasteiger partial charge in [0, 0.05) is 13.2 Å². The fraction of sp³-hybridized carbons (Fsp3) is 0.450. The van der Waals surface area contributed by atoms with Crippen LogP contribution in [0.25, 0.3) is 0 Å². The number of amides is 1. The van der Waals surface area contributed by atoms with Crippen LogP contribution in [0, 0.1) is 0 Å². The fourth-order valence-electron chi connectivity index (χ4n) is 2.69. The summed E-state index contributed by atoms with van der Waals surface area (Å²) in [5, 5.41) is 12.4. The average molecular weight is 331 g/mol. The number of rotatable bonds is 12. The zero-order valence-electron chi connectivity index (χ0n) is 14.6. The maximum absolute atomic E-state index is 12.8. The van der Waals surface area contributed by atoms with Crippen LogP contribution in [0.4, 0.5) is 0 Å². The summed E-state index contributed by atoms with van der Waals surface area (Å²) in [6.45, 7) is 10.5. The van der Waals surface area contributed by atoms with Crippen molar-refractivity contribution in [2.45, 2.75) is 38.0 Å². The Balaban J connectivity index is 3.16. The van der Waals surface area contributed by atoms with Crippen LogP contribution in [-0.4, -0.2) is 30.8 Å². The van der Waals surface area contributed by atoms with Gasteiger partial charge in [-0.05, 0) is 37.0 Å². The second kappa shape index (κ2) is 10.7. The van der Waals surface area contributed by atoms with Gasteiger partial charge in [0.05, 0.1) is 12.0 Å². The number of unbranched alkanes of at least 4 members (excludes halogenated alkanes) is 1. The van der Waals surface area contributed by atoms with Crippen molar-refractivity contribution < 1.29 is 14.6 Å². The normalized spacial score (nSPS) is 12.9. The lowest BCUT2D eigenvalue weighted by Gasteiger charge is -2.32. The lowest BCUT2D eigenvalue weighted by molar-refractivity contribution is -0.127. The molecule has 132 valence electrons. The number of hydrogen-bond donors (Lipinski definition) is 2. The molecule has 0 saturated heterocycles. The van der Waals surface area contributed by atoms with Gasteiger partial charge < -0.3 is 15.2 Å². The largest absolute Gasteiger partial charge is 0.494 e. The number of carbonyl (C=O) groups is 1. The van der Waals surface area contributed by atoms with Gasteiger partial charge in [-0.2, -0.15) is 0 Å². The number of hydrogen-bond acceptors (Lipinski definition) is 3. The van der Waals surface area contributed by atoms with E-state index in [2.05, 4.69) is 25.4 Å². The Labute approximate surface area is 145 Å². The van der Waals surface area contributed by atoms with Gasteiger partial charge >= 0.3 is 0 Å². The van der Waals surface area contributed by atoms with Gasteiger partial charge in [-0.25, -0.2) is 0 Å². The fourth-order valence-corrected chi connectivity index (χ4v) is 2.69. The molecule has 0 bridgehead atoms. The van der Waals surface area contributed by atoms with Crippen LogP contribution in [-0.2, 0) is 10.2 Å².